The Hall–Kier alpha value is -1.82. The van der Waals surface area contributed by atoms with Crippen LogP contribution in [0, 0.1) is 6.92 Å². The second kappa shape index (κ2) is 5.88. The maximum absolute atomic E-state index is 5.35. The largest absolute Gasteiger partial charge is 0.337 e. The Morgan fingerprint density at radius 2 is 2.05 bits per heavy atom. The van der Waals surface area contributed by atoms with Crippen LogP contribution in [-0.4, -0.2) is 38.8 Å². The van der Waals surface area contributed by atoms with Crippen LogP contribution in [0.3, 0.4) is 0 Å². The van der Waals surface area contributed by atoms with Crippen molar-refractivity contribution in [3.63, 3.8) is 0 Å². The third-order valence-corrected chi connectivity index (χ3v) is 3.17. The summed E-state index contributed by atoms with van der Waals surface area (Å²) in [4.78, 5) is 6.61. The van der Waals surface area contributed by atoms with Crippen molar-refractivity contribution in [3.8, 4) is 11.5 Å². The van der Waals surface area contributed by atoms with E-state index < -0.39 is 0 Å². The minimum absolute atomic E-state index is 0.143. The van der Waals surface area contributed by atoms with E-state index in [1.807, 2.05) is 26.1 Å². The van der Waals surface area contributed by atoms with Gasteiger partial charge in [-0.05, 0) is 39.1 Å². The molecule has 0 N–H and O–H groups in total. The second-order valence-corrected chi connectivity index (χ2v) is 4.51. The van der Waals surface area contributed by atoms with E-state index in [9.17, 15) is 0 Å². The maximum atomic E-state index is 5.35. The highest BCUT2D eigenvalue weighted by atomic mass is 16.5. The van der Waals surface area contributed by atoms with Crippen molar-refractivity contribution in [2.45, 2.75) is 33.2 Å². The summed E-state index contributed by atoms with van der Waals surface area (Å²) in [5, 5.41) is 12.0. The Morgan fingerprint density at radius 3 is 2.63 bits per heavy atom. The Morgan fingerprint density at radius 1 is 1.26 bits per heavy atom. The van der Waals surface area contributed by atoms with Gasteiger partial charge >= 0.3 is 0 Å². The van der Waals surface area contributed by atoms with Crippen molar-refractivity contribution >= 4 is 0 Å². The molecule has 0 saturated heterocycles. The Kier molecular flexibility index (Phi) is 4.21. The number of rotatable bonds is 5. The van der Waals surface area contributed by atoms with Gasteiger partial charge in [-0.1, -0.05) is 19.0 Å². The molecule has 2 rings (SSSR count). The quantitative estimate of drug-likeness (QED) is 0.822. The van der Waals surface area contributed by atoms with Gasteiger partial charge in [0, 0.05) is 0 Å². The standard InChI is InChI=1S/C13H19N5O/c1-5-11(18(4)6-2)13-14-12(17-19-13)10-8-7-9(3)15-16-10/h7-8,11H,5-6H2,1-4H3/t11-/m1/s1. The highest BCUT2D eigenvalue weighted by molar-refractivity contribution is 5.46. The minimum atomic E-state index is 0.143. The highest BCUT2D eigenvalue weighted by Crippen LogP contribution is 2.23. The fourth-order valence-electron chi connectivity index (χ4n) is 1.89. The summed E-state index contributed by atoms with van der Waals surface area (Å²) in [6, 6.07) is 3.87. The van der Waals surface area contributed by atoms with Gasteiger partial charge < -0.3 is 4.52 Å². The lowest BCUT2D eigenvalue weighted by Gasteiger charge is -2.21. The van der Waals surface area contributed by atoms with Crippen LogP contribution in [-0.2, 0) is 0 Å². The van der Waals surface area contributed by atoms with Gasteiger partial charge in [0.15, 0.2) is 0 Å². The molecule has 2 heterocycles. The van der Waals surface area contributed by atoms with Gasteiger partial charge in [0.25, 0.3) is 0 Å². The zero-order valence-corrected chi connectivity index (χ0v) is 11.8. The molecule has 102 valence electrons. The van der Waals surface area contributed by atoms with E-state index in [-0.39, 0.29) is 6.04 Å². The van der Waals surface area contributed by atoms with Crippen LogP contribution in [0.1, 0.15) is 37.9 Å². The molecule has 0 unspecified atom stereocenters. The summed E-state index contributed by atoms with van der Waals surface area (Å²) in [7, 11) is 2.05. The zero-order chi connectivity index (χ0) is 13.8. The monoisotopic (exact) mass is 261 g/mol. The molecule has 0 aliphatic heterocycles. The van der Waals surface area contributed by atoms with E-state index in [0.29, 0.717) is 17.4 Å². The predicted octanol–water partition coefficient (Wildman–Crippen LogP) is 2.24. The molecule has 2 aromatic heterocycles. The summed E-state index contributed by atoms with van der Waals surface area (Å²) in [5.74, 6) is 1.12. The fraction of sp³-hybridized carbons (Fsp3) is 0.538. The van der Waals surface area contributed by atoms with Crippen LogP contribution < -0.4 is 0 Å². The second-order valence-electron chi connectivity index (χ2n) is 4.51. The van der Waals surface area contributed by atoms with Crippen LogP contribution in [0.2, 0.25) is 0 Å². The van der Waals surface area contributed by atoms with Gasteiger partial charge in [-0.15, -0.1) is 5.10 Å². The lowest BCUT2D eigenvalue weighted by molar-refractivity contribution is 0.198. The van der Waals surface area contributed by atoms with Gasteiger partial charge in [0.05, 0.1) is 11.7 Å². The molecule has 19 heavy (non-hydrogen) atoms. The van der Waals surface area contributed by atoms with E-state index >= 15 is 0 Å². The molecule has 0 radical (unpaired) electrons. The zero-order valence-electron chi connectivity index (χ0n) is 11.8. The molecule has 6 nitrogen and oxygen atoms in total. The van der Waals surface area contributed by atoms with Gasteiger partial charge in [-0.3, -0.25) is 4.90 Å². The van der Waals surface area contributed by atoms with E-state index in [0.717, 1.165) is 18.7 Å². The average molecular weight is 261 g/mol. The van der Waals surface area contributed by atoms with E-state index in [1.54, 1.807) is 0 Å². The van der Waals surface area contributed by atoms with E-state index in [2.05, 4.69) is 39.1 Å². The van der Waals surface area contributed by atoms with Crippen molar-refractivity contribution in [2.24, 2.45) is 0 Å². The predicted molar refractivity (Wildman–Crippen MR) is 71.4 cm³/mol. The first-order valence-electron chi connectivity index (χ1n) is 6.50. The molecule has 0 fully saturated rings. The van der Waals surface area contributed by atoms with Gasteiger partial charge in [0.1, 0.15) is 5.69 Å². The summed E-state index contributed by atoms with van der Waals surface area (Å²) in [6.45, 7) is 7.03. The van der Waals surface area contributed by atoms with Gasteiger partial charge in [0.2, 0.25) is 11.7 Å². The Balaban J connectivity index is 2.25. The first-order chi connectivity index (χ1) is 9.15. The van der Waals surface area contributed by atoms with Crippen LogP contribution in [0.5, 0.6) is 0 Å². The number of aromatic nitrogens is 4. The molecule has 2 aromatic rings. The van der Waals surface area contributed by atoms with Crippen molar-refractivity contribution < 1.29 is 4.52 Å². The molecule has 1 atom stereocenters. The normalized spacial score (nSPS) is 12.9. The number of aryl methyl sites for hydroxylation is 1. The first-order valence-corrected chi connectivity index (χ1v) is 6.50. The summed E-state index contributed by atoms with van der Waals surface area (Å²) in [6.07, 6.45) is 0.922. The van der Waals surface area contributed by atoms with Crippen molar-refractivity contribution in [2.75, 3.05) is 13.6 Å². The lowest BCUT2D eigenvalue weighted by Crippen LogP contribution is -2.23. The van der Waals surface area contributed by atoms with E-state index in [4.69, 9.17) is 4.52 Å². The fourth-order valence-corrected chi connectivity index (χ4v) is 1.89. The molecular weight excluding hydrogens is 242 g/mol. The lowest BCUT2D eigenvalue weighted by atomic mass is 10.2. The maximum Gasteiger partial charge on any atom is 0.244 e. The van der Waals surface area contributed by atoms with Crippen LogP contribution in [0.4, 0.5) is 0 Å². The van der Waals surface area contributed by atoms with Gasteiger partial charge in [-0.2, -0.15) is 10.1 Å². The van der Waals surface area contributed by atoms with Crippen LogP contribution in [0.15, 0.2) is 16.7 Å². The molecule has 0 saturated carbocycles. The summed E-state index contributed by atoms with van der Waals surface area (Å²) in [5.41, 5.74) is 1.50. The van der Waals surface area contributed by atoms with Gasteiger partial charge in [-0.25, -0.2) is 0 Å². The molecule has 0 aliphatic carbocycles. The van der Waals surface area contributed by atoms with Crippen LogP contribution in [0.25, 0.3) is 11.5 Å². The molecule has 0 bridgehead atoms. The van der Waals surface area contributed by atoms with Crippen molar-refractivity contribution in [1.29, 1.82) is 0 Å². The number of nitrogens with zero attached hydrogens (tertiary/aromatic N) is 5. The smallest absolute Gasteiger partial charge is 0.244 e. The Labute approximate surface area is 112 Å². The van der Waals surface area contributed by atoms with E-state index in [1.165, 1.54) is 0 Å². The van der Waals surface area contributed by atoms with Crippen LogP contribution >= 0.6 is 0 Å². The first kappa shape index (κ1) is 13.6. The SMILES string of the molecule is CC[C@H](c1nc(-c2ccc(C)nn2)no1)N(C)CC. The highest BCUT2D eigenvalue weighted by Gasteiger charge is 2.21. The molecule has 0 spiro atoms. The van der Waals surface area contributed by atoms with Crippen molar-refractivity contribution in [3.05, 3.63) is 23.7 Å². The molecular formula is C13H19N5O. The van der Waals surface area contributed by atoms with Crippen molar-refractivity contribution in [1.82, 2.24) is 25.2 Å². The number of hydrogen-bond acceptors (Lipinski definition) is 6. The summed E-state index contributed by atoms with van der Waals surface area (Å²) >= 11 is 0. The third kappa shape index (κ3) is 2.96. The Bertz CT molecular complexity index is 522. The third-order valence-electron chi connectivity index (χ3n) is 3.17. The molecule has 0 aromatic carbocycles. The molecule has 0 aliphatic rings. The molecule has 6 heteroatoms. The minimum Gasteiger partial charge on any atom is -0.337 e. The topological polar surface area (TPSA) is 67.9 Å². The average Bonchev–Trinajstić information content (AvgIpc) is 2.89. The summed E-state index contributed by atoms with van der Waals surface area (Å²) < 4.78 is 5.35. The number of hydrogen-bond donors (Lipinski definition) is 0. The molecule has 0 amide bonds.